The smallest absolute Gasteiger partial charge is 0.191 e. The van der Waals surface area contributed by atoms with Crippen molar-refractivity contribution in [2.45, 2.75) is 24.3 Å². The molecule has 0 saturated carbocycles. The summed E-state index contributed by atoms with van der Waals surface area (Å²) >= 11 is 7.32. The number of carbonyl (C=O) groups excluding carboxylic acids is 1. The highest BCUT2D eigenvalue weighted by Crippen LogP contribution is 2.32. The molecule has 9 heteroatoms. The van der Waals surface area contributed by atoms with Crippen LogP contribution in [0.25, 0.3) is 11.4 Å². The topological polar surface area (TPSA) is 74.2 Å². The van der Waals surface area contributed by atoms with Crippen LogP contribution in [-0.2, 0) is 17.0 Å². The molecule has 0 bridgehead atoms. The third kappa shape index (κ3) is 5.25. The zero-order valence-electron chi connectivity index (χ0n) is 16.6. The van der Waals surface area contributed by atoms with Gasteiger partial charge in [0.1, 0.15) is 17.4 Å². The van der Waals surface area contributed by atoms with E-state index >= 15 is 0 Å². The number of methoxy groups -OCH3 is 2. The summed E-state index contributed by atoms with van der Waals surface area (Å²) < 4.78 is 24.7. The van der Waals surface area contributed by atoms with Gasteiger partial charge in [0.2, 0.25) is 0 Å². The van der Waals surface area contributed by atoms with Crippen LogP contribution >= 0.6 is 23.4 Å². The highest BCUT2D eigenvalue weighted by atomic mass is 35.5. The molecule has 0 aliphatic rings. The van der Waals surface area contributed by atoms with Crippen LogP contribution in [0.5, 0.6) is 11.5 Å². The number of hydrogen-bond donors (Lipinski definition) is 0. The zero-order valence-corrected chi connectivity index (χ0v) is 18.2. The number of Topliss-reactive ketones (excluding diaryl/α,β-unsaturated/α-hetero) is 1. The van der Waals surface area contributed by atoms with Crippen molar-refractivity contribution in [3.8, 4) is 22.9 Å². The molecule has 3 rings (SSSR count). The number of nitrogens with zero attached hydrogens (tertiary/aromatic N) is 3. The molecule has 0 aliphatic carbocycles. The summed E-state index contributed by atoms with van der Waals surface area (Å²) in [4.78, 5) is 24.9. The first-order chi connectivity index (χ1) is 14.4. The average molecular weight is 448 g/mol. The summed E-state index contributed by atoms with van der Waals surface area (Å²) in [7, 11) is 3.09. The van der Waals surface area contributed by atoms with Gasteiger partial charge in [-0.2, -0.15) is 0 Å². The Labute approximate surface area is 182 Å². The number of thioether (sulfide) groups is 1. The first-order valence-corrected chi connectivity index (χ1v) is 10.3. The standard InChI is InChI=1S/C21H19ClFN3O3S/c1-12(27)9-19-24-20(13-7-8-17(28-2)18(10-13)29-3)26-21(25-19)30-11-14-15(22)5-4-6-16(14)23/h4-8,10H,9,11H2,1-3H3. The van der Waals surface area contributed by atoms with Crippen molar-refractivity contribution in [2.24, 2.45) is 0 Å². The fourth-order valence-electron chi connectivity index (χ4n) is 2.68. The Balaban J connectivity index is 1.97. The van der Waals surface area contributed by atoms with Gasteiger partial charge in [-0.3, -0.25) is 4.79 Å². The van der Waals surface area contributed by atoms with Crippen molar-refractivity contribution >= 4 is 29.1 Å². The molecule has 0 amide bonds. The molecule has 0 radical (unpaired) electrons. The molecule has 0 unspecified atom stereocenters. The van der Waals surface area contributed by atoms with Gasteiger partial charge in [0.15, 0.2) is 22.5 Å². The Kier molecular flexibility index (Phi) is 7.23. The van der Waals surface area contributed by atoms with E-state index in [0.29, 0.717) is 44.5 Å². The van der Waals surface area contributed by atoms with Crippen LogP contribution in [0.4, 0.5) is 4.39 Å². The van der Waals surface area contributed by atoms with Crippen molar-refractivity contribution in [3.63, 3.8) is 0 Å². The van der Waals surface area contributed by atoms with Crippen molar-refractivity contribution in [1.82, 2.24) is 15.0 Å². The van der Waals surface area contributed by atoms with Crippen LogP contribution < -0.4 is 9.47 Å². The lowest BCUT2D eigenvalue weighted by atomic mass is 10.2. The molecule has 0 atom stereocenters. The van der Waals surface area contributed by atoms with Gasteiger partial charge in [-0.25, -0.2) is 19.3 Å². The summed E-state index contributed by atoms with van der Waals surface area (Å²) in [6.07, 6.45) is 0.0663. The average Bonchev–Trinajstić information content (AvgIpc) is 2.72. The van der Waals surface area contributed by atoms with E-state index in [9.17, 15) is 9.18 Å². The largest absolute Gasteiger partial charge is 0.493 e. The fraction of sp³-hybridized carbons (Fsp3) is 0.238. The lowest BCUT2D eigenvalue weighted by molar-refractivity contribution is -0.116. The maximum atomic E-state index is 14.1. The van der Waals surface area contributed by atoms with E-state index in [2.05, 4.69) is 15.0 Å². The predicted molar refractivity (Wildman–Crippen MR) is 114 cm³/mol. The summed E-state index contributed by atoms with van der Waals surface area (Å²) in [6, 6.07) is 9.81. The molecule has 1 heterocycles. The van der Waals surface area contributed by atoms with Crippen molar-refractivity contribution in [3.05, 3.63) is 58.6 Å². The van der Waals surface area contributed by atoms with E-state index in [1.165, 1.54) is 31.9 Å². The minimum absolute atomic E-state index is 0.0663. The number of ketones is 1. The SMILES string of the molecule is COc1ccc(-c2nc(CC(C)=O)nc(SCc3c(F)cccc3Cl)n2)cc1OC. The Morgan fingerprint density at radius 2 is 1.87 bits per heavy atom. The summed E-state index contributed by atoms with van der Waals surface area (Å²) in [5.74, 6) is 1.58. The predicted octanol–water partition coefficient (Wildman–Crippen LogP) is 4.77. The number of carbonyl (C=O) groups is 1. The second-order valence-electron chi connectivity index (χ2n) is 6.30. The zero-order chi connectivity index (χ0) is 21.7. The lowest BCUT2D eigenvalue weighted by Gasteiger charge is -2.11. The van der Waals surface area contributed by atoms with E-state index in [4.69, 9.17) is 21.1 Å². The number of aromatic nitrogens is 3. The minimum Gasteiger partial charge on any atom is -0.493 e. The van der Waals surface area contributed by atoms with Gasteiger partial charge in [-0.1, -0.05) is 29.4 Å². The highest BCUT2D eigenvalue weighted by molar-refractivity contribution is 7.98. The van der Waals surface area contributed by atoms with Crippen molar-refractivity contribution < 1.29 is 18.7 Å². The third-order valence-electron chi connectivity index (χ3n) is 4.12. The number of ether oxygens (including phenoxy) is 2. The number of hydrogen-bond acceptors (Lipinski definition) is 7. The second-order valence-corrected chi connectivity index (χ2v) is 7.64. The molecular weight excluding hydrogens is 429 g/mol. The normalized spacial score (nSPS) is 10.7. The Bertz CT molecular complexity index is 1060. The molecule has 3 aromatic rings. The first kappa shape index (κ1) is 22.0. The van der Waals surface area contributed by atoms with Crippen LogP contribution in [-0.4, -0.2) is 35.0 Å². The fourth-order valence-corrected chi connectivity index (χ4v) is 3.87. The van der Waals surface area contributed by atoms with Crippen molar-refractivity contribution in [1.29, 1.82) is 0 Å². The third-order valence-corrected chi connectivity index (χ3v) is 5.35. The van der Waals surface area contributed by atoms with Gasteiger partial charge in [-0.15, -0.1) is 0 Å². The maximum Gasteiger partial charge on any atom is 0.191 e. The maximum absolute atomic E-state index is 14.1. The molecule has 156 valence electrons. The van der Waals surface area contributed by atoms with Crippen LogP contribution in [0.15, 0.2) is 41.6 Å². The molecule has 0 spiro atoms. The lowest BCUT2D eigenvalue weighted by Crippen LogP contribution is -2.07. The van der Waals surface area contributed by atoms with Crippen LogP contribution in [0, 0.1) is 5.82 Å². The summed E-state index contributed by atoms with van der Waals surface area (Å²) in [5, 5.41) is 0.700. The Morgan fingerprint density at radius 1 is 1.10 bits per heavy atom. The minimum atomic E-state index is -0.395. The van der Waals surface area contributed by atoms with E-state index in [0.717, 1.165) is 0 Å². The Hall–Kier alpha value is -2.71. The van der Waals surface area contributed by atoms with Gasteiger partial charge in [0.25, 0.3) is 0 Å². The van der Waals surface area contributed by atoms with E-state index in [1.54, 1.807) is 37.4 Å². The van der Waals surface area contributed by atoms with E-state index in [1.807, 2.05) is 0 Å². The molecule has 6 nitrogen and oxygen atoms in total. The second kappa shape index (κ2) is 9.86. The number of rotatable bonds is 8. The highest BCUT2D eigenvalue weighted by Gasteiger charge is 2.15. The quantitative estimate of drug-likeness (QED) is 0.460. The van der Waals surface area contributed by atoms with Gasteiger partial charge < -0.3 is 9.47 Å². The Morgan fingerprint density at radius 3 is 2.53 bits per heavy atom. The van der Waals surface area contributed by atoms with Gasteiger partial charge in [0, 0.05) is 21.9 Å². The van der Waals surface area contributed by atoms with E-state index < -0.39 is 5.82 Å². The summed E-state index contributed by atoms with van der Waals surface area (Å²) in [5.41, 5.74) is 1.04. The number of halogens is 2. The number of benzene rings is 2. The molecule has 0 aliphatic heterocycles. The molecular formula is C21H19ClFN3O3S. The van der Waals surface area contributed by atoms with Gasteiger partial charge >= 0.3 is 0 Å². The van der Waals surface area contributed by atoms with Crippen LogP contribution in [0.2, 0.25) is 5.02 Å². The molecule has 1 aromatic heterocycles. The van der Waals surface area contributed by atoms with Gasteiger partial charge in [0.05, 0.1) is 20.6 Å². The molecule has 2 aromatic carbocycles. The first-order valence-electron chi connectivity index (χ1n) is 8.93. The molecule has 30 heavy (non-hydrogen) atoms. The molecule has 0 N–H and O–H groups in total. The molecule has 0 saturated heterocycles. The van der Waals surface area contributed by atoms with Crippen LogP contribution in [0.1, 0.15) is 18.3 Å². The van der Waals surface area contributed by atoms with Crippen molar-refractivity contribution in [2.75, 3.05) is 14.2 Å². The van der Waals surface area contributed by atoms with Crippen LogP contribution in [0.3, 0.4) is 0 Å². The van der Waals surface area contributed by atoms with E-state index in [-0.39, 0.29) is 18.0 Å². The van der Waals surface area contributed by atoms with Gasteiger partial charge in [-0.05, 0) is 37.3 Å². The monoisotopic (exact) mass is 447 g/mol. The summed E-state index contributed by atoms with van der Waals surface area (Å²) in [6.45, 7) is 1.46. The molecule has 0 fully saturated rings.